The van der Waals surface area contributed by atoms with E-state index in [9.17, 15) is 0 Å². The van der Waals surface area contributed by atoms with Crippen molar-refractivity contribution in [1.29, 1.82) is 0 Å². The van der Waals surface area contributed by atoms with Crippen molar-refractivity contribution < 1.29 is 9.84 Å². The lowest BCUT2D eigenvalue weighted by molar-refractivity contribution is -0.500. The van der Waals surface area contributed by atoms with Crippen molar-refractivity contribution in [2.75, 3.05) is 13.7 Å². The molecule has 4 nitrogen and oxygen atoms in total. The van der Waals surface area contributed by atoms with Crippen LogP contribution in [0, 0.1) is 0 Å². The number of benzene rings is 1. The molecule has 3 N–H and O–H groups in total. The van der Waals surface area contributed by atoms with Crippen molar-refractivity contribution in [3.8, 4) is 5.75 Å². The molecule has 0 fully saturated rings. The van der Waals surface area contributed by atoms with Crippen molar-refractivity contribution in [3.05, 3.63) is 29.8 Å². The minimum atomic E-state index is 0.564. The molecule has 0 bridgehead atoms. The van der Waals surface area contributed by atoms with Crippen LogP contribution in [0.15, 0.2) is 24.3 Å². The molecule has 0 aliphatic rings. The first kappa shape index (κ1) is 12.4. The highest BCUT2D eigenvalue weighted by atomic mass is 32.1. The third-order valence-electron chi connectivity index (χ3n) is 1.89. The van der Waals surface area contributed by atoms with E-state index >= 15 is 0 Å². The van der Waals surface area contributed by atoms with Gasteiger partial charge < -0.3 is 10.1 Å². The molecule has 1 aromatic rings. The van der Waals surface area contributed by atoms with Crippen LogP contribution in [0.5, 0.6) is 5.75 Å². The number of nitrogens with one attached hydrogen (secondary N) is 3. The quantitative estimate of drug-likeness (QED) is 0.379. The molecule has 0 amide bonds. The van der Waals surface area contributed by atoms with Crippen LogP contribution in [-0.2, 0) is 0 Å². The Labute approximate surface area is 101 Å². The molecule has 1 aromatic carbocycles. The maximum Gasteiger partial charge on any atom is 0.223 e. The van der Waals surface area contributed by atoms with E-state index in [2.05, 4.69) is 15.8 Å². The van der Waals surface area contributed by atoms with Crippen molar-refractivity contribution in [3.63, 3.8) is 0 Å². The van der Waals surface area contributed by atoms with E-state index in [4.69, 9.17) is 17.0 Å². The maximum absolute atomic E-state index is 5.20. The molecule has 0 aliphatic carbocycles. The molecule has 0 saturated heterocycles. The highest BCUT2D eigenvalue weighted by Crippen LogP contribution is 2.13. The zero-order valence-corrected chi connectivity index (χ0v) is 10.2. The molecule has 0 saturated carbocycles. The predicted octanol–water partition coefficient (Wildman–Crippen LogP) is -0.406. The van der Waals surface area contributed by atoms with Gasteiger partial charge in [0.1, 0.15) is 5.75 Å². The van der Waals surface area contributed by atoms with Gasteiger partial charge in [0.15, 0.2) is 0 Å². The largest absolute Gasteiger partial charge is 0.496 e. The second-order valence-electron chi connectivity index (χ2n) is 3.02. The molecule has 0 radical (unpaired) electrons. The fraction of sp³-hybridized carbons (Fsp3) is 0.273. The normalized spacial score (nSPS) is 10.1. The molecule has 86 valence electrons. The Morgan fingerprint density at radius 1 is 1.50 bits per heavy atom. The van der Waals surface area contributed by atoms with Crippen LogP contribution in [-0.4, -0.2) is 25.0 Å². The Bertz CT molecular complexity index is 379. The van der Waals surface area contributed by atoms with Crippen molar-refractivity contribution >= 4 is 23.5 Å². The van der Waals surface area contributed by atoms with Crippen LogP contribution in [0.25, 0.3) is 0 Å². The van der Waals surface area contributed by atoms with E-state index < -0.39 is 0 Å². The Morgan fingerprint density at radius 2 is 2.25 bits per heavy atom. The van der Waals surface area contributed by atoms with E-state index in [0.29, 0.717) is 5.11 Å². The number of hydrogen-bond acceptors (Lipinski definition) is 2. The molecular weight excluding hydrogens is 222 g/mol. The van der Waals surface area contributed by atoms with Crippen molar-refractivity contribution in [1.82, 2.24) is 10.7 Å². The first-order chi connectivity index (χ1) is 7.77. The molecule has 16 heavy (non-hydrogen) atoms. The lowest BCUT2D eigenvalue weighted by atomic mass is 10.2. The van der Waals surface area contributed by atoms with Gasteiger partial charge in [-0.2, -0.15) is 0 Å². The van der Waals surface area contributed by atoms with Crippen molar-refractivity contribution in [2.45, 2.75) is 6.92 Å². The van der Waals surface area contributed by atoms with Gasteiger partial charge in [-0.15, -0.1) is 10.5 Å². The van der Waals surface area contributed by atoms with Gasteiger partial charge >= 0.3 is 0 Å². The number of rotatable bonds is 4. The molecular formula is C11H16N3OS+. The minimum absolute atomic E-state index is 0.564. The summed E-state index contributed by atoms with van der Waals surface area (Å²) in [4.78, 5) is 0. The average Bonchev–Trinajstić information content (AvgIpc) is 2.30. The van der Waals surface area contributed by atoms with Crippen LogP contribution in [0.1, 0.15) is 12.5 Å². The lowest BCUT2D eigenvalue weighted by Crippen LogP contribution is -2.82. The maximum atomic E-state index is 5.20. The fourth-order valence-electron chi connectivity index (χ4n) is 1.17. The first-order valence-electron chi connectivity index (χ1n) is 5.03. The van der Waals surface area contributed by atoms with Gasteiger partial charge in [-0.05, 0) is 31.3 Å². The molecule has 0 aromatic heterocycles. The Hall–Kier alpha value is -1.62. The van der Waals surface area contributed by atoms with Crippen LogP contribution in [0.2, 0.25) is 0 Å². The highest BCUT2D eigenvalue weighted by Gasteiger charge is 2.00. The number of hydrazone groups is 1. The summed E-state index contributed by atoms with van der Waals surface area (Å²) in [6, 6.07) is 7.71. The molecule has 0 spiro atoms. The van der Waals surface area contributed by atoms with Crippen LogP contribution in [0.3, 0.4) is 0 Å². The zero-order valence-electron chi connectivity index (χ0n) is 9.41. The second-order valence-corrected chi connectivity index (χ2v) is 3.42. The van der Waals surface area contributed by atoms with E-state index in [1.807, 2.05) is 31.2 Å². The third-order valence-corrected chi connectivity index (χ3v) is 2.14. The molecule has 0 aliphatic heterocycles. The zero-order chi connectivity index (χ0) is 11.8. The van der Waals surface area contributed by atoms with Gasteiger partial charge in [0.2, 0.25) is 11.3 Å². The molecule has 0 heterocycles. The Morgan fingerprint density at radius 3 is 2.94 bits per heavy atom. The molecule has 1 rings (SSSR count). The number of hydrazine groups is 1. The van der Waals surface area contributed by atoms with Gasteiger partial charge in [0, 0.05) is 6.54 Å². The summed E-state index contributed by atoms with van der Waals surface area (Å²) in [5, 5.41) is 6.43. The summed E-state index contributed by atoms with van der Waals surface area (Å²) in [6.45, 7) is 2.78. The molecule has 5 heteroatoms. The number of ether oxygens (including phenoxy) is 1. The molecule has 0 atom stereocenters. The third kappa shape index (κ3) is 3.86. The SMILES string of the molecule is CCNC(=S)N[NH+]=Cc1ccccc1OC. The second kappa shape index (κ2) is 6.79. The summed E-state index contributed by atoms with van der Waals surface area (Å²) in [6.07, 6.45) is 1.79. The standard InChI is InChI=1S/C11H15N3OS/c1-3-12-11(16)14-13-8-9-6-4-5-7-10(9)15-2/h4-8H,3H2,1-2H3,(H2,12,14,16)/p+1. The smallest absolute Gasteiger partial charge is 0.223 e. The predicted molar refractivity (Wildman–Crippen MR) is 68.5 cm³/mol. The minimum Gasteiger partial charge on any atom is -0.496 e. The lowest BCUT2D eigenvalue weighted by Gasteiger charge is -2.01. The van der Waals surface area contributed by atoms with Gasteiger partial charge in [-0.25, -0.2) is 0 Å². The fourth-order valence-corrected chi connectivity index (χ4v) is 1.37. The van der Waals surface area contributed by atoms with E-state index in [1.165, 1.54) is 0 Å². The van der Waals surface area contributed by atoms with E-state index in [1.54, 1.807) is 13.3 Å². The Kier molecular flexibility index (Phi) is 5.28. The molecule has 0 unspecified atom stereocenters. The highest BCUT2D eigenvalue weighted by molar-refractivity contribution is 7.80. The average molecular weight is 238 g/mol. The van der Waals surface area contributed by atoms with Gasteiger partial charge in [0.25, 0.3) is 0 Å². The monoisotopic (exact) mass is 238 g/mol. The van der Waals surface area contributed by atoms with Crippen LogP contribution < -0.4 is 20.6 Å². The summed E-state index contributed by atoms with van der Waals surface area (Å²) in [5.41, 5.74) is 3.80. The summed E-state index contributed by atoms with van der Waals surface area (Å²) in [5.74, 6) is 0.811. The topological polar surface area (TPSA) is 47.3 Å². The summed E-state index contributed by atoms with van der Waals surface area (Å²) >= 11 is 4.99. The van der Waals surface area contributed by atoms with Gasteiger partial charge in [-0.1, -0.05) is 12.1 Å². The summed E-state index contributed by atoms with van der Waals surface area (Å²) < 4.78 is 5.20. The number of hydrogen-bond donors (Lipinski definition) is 3. The number of methoxy groups -OCH3 is 1. The number of para-hydroxylation sites is 1. The van der Waals surface area contributed by atoms with Crippen LogP contribution in [0.4, 0.5) is 0 Å². The van der Waals surface area contributed by atoms with E-state index in [0.717, 1.165) is 17.9 Å². The van der Waals surface area contributed by atoms with Gasteiger partial charge in [-0.3, -0.25) is 0 Å². The summed E-state index contributed by atoms with van der Waals surface area (Å²) in [7, 11) is 1.64. The van der Waals surface area contributed by atoms with Crippen LogP contribution >= 0.6 is 12.2 Å². The van der Waals surface area contributed by atoms with E-state index in [-0.39, 0.29) is 0 Å². The first-order valence-corrected chi connectivity index (χ1v) is 5.44. The van der Waals surface area contributed by atoms with Crippen molar-refractivity contribution in [2.24, 2.45) is 0 Å². The number of thiocarbonyl (C=S) groups is 1. The Balaban J connectivity index is 2.58. The van der Waals surface area contributed by atoms with Gasteiger partial charge in [0.05, 0.1) is 12.7 Å².